The van der Waals surface area contributed by atoms with Crippen LogP contribution in [0.25, 0.3) is 0 Å². The number of benzene rings is 1. The fourth-order valence-corrected chi connectivity index (χ4v) is 1.34. The van der Waals surface area contributed by atoms with Crippen LogP contribution in [0.1, 0.15) is 12.8 Å². The van der Waals surface area contributed by atoms with Gasteiger partial charge in [-0.05, 0) is 25.0 Å². The van der Waals surface area contributed by atoms with Crippen molar-refractivity contribution in [1.82, 2.24) is 5.32 Å². The van der Waals surface area contributed by atoms with Crippen molar-refractivity contribution in [2.24, 2.45) is 0 Å². The molecule has 86 valence electrons. The topological polar surface area (TPSA) is 76.4 Å². The summed E-state index contributed by atoms with van der Waals surface area (Å²) in [5.41, 5.74) is 6.83. The number of anilines is 2. The fourth-order valence-electron chi connectivity index (χ4n) is 1.34. The average Bonchev–Trinajstić information content (AvgIpc) is 3.05. The summed E-state index contributed by atoms with van der Waals surface area (Å²) in [7, 11) is 1.57. The van der Waals surface area contributed by atoms with Crippen LogP contribution >= 0.6 is 0 Å². The minimum absolute atomic E-state index is 0.220. The van der Waals surface area contributed by atoms with E-state index in [9.17, 15) is 4.79 Å². The number of rotatable bonds is 3. The molecular weight excluding hydrogens is 206 g/mol. The van der Waals surface area contributed by atoms with Crippen LogP contribution in [-0.4, -0.2) is 19.2 Å². The number of urea groups is 1. The zero-order chi connectivity index (χ0) is 11.5. The standard InChI is InChI=1S/C11H15N3O2/c1-16-8-4-5-9(12)10(6-8)14-11(15)13-7-2-3-7/h4-7H,2-3,12H2,1H3,(H2,13,14,15). The van der Waals surface area contributed by atoms with Crippen molar-refractivity contribution in [2.45, 2.75) is 18.9 Å². The number of amides is 2. The SMILES string of the molecule is COc1ccc(N)c(NC(=O)NC2CC2)c1. The molecule has 0 heterocycles. The monoisotopic (exact) mass is 221 g/mol. The molecule has 0 aromatic heterocycles. The Morgan fingerprint density at radius 2 is 2.25 bits per heavy atom. The summed E-state index contributed by atoms with van der Waals surface area (Å²) in [6, 6.07) is 5.25. The van der Waals surface area contributed by atoms with Crippen molar-refractivity contribution in [3.05, 3.63) is 18.2 Å². The van der Waals surface area contributed by atoms with E-state index in [1.165, 1.54) is 0 Å². The number of ether oxygens (including phenoxy) is 1. The third-order valence-corrected chi connectivity index (χ3v) is 2.42. The number of nitrogens with one attached hydrogen (secondary N) is 2. The molecule has 1 aliphatic rings. The van der Waals surface area contributed by atoms with E-state index in [1.54, 1.807) is 25.3 Å². The zero-order valence-electron chi connectivity index (χ0n) is 9.12. The Bertz CT molecular complexity index is 402. The van der Waals surface area contributed by atoms with Crippen LogP contribution in [0.2, 0.25) is 0 Å². The molecule has 0 radical (unpaired) electrons. The van der Waals surface area contributed by atoms with E-state index in [-0.39, 0.29) is 6.03 Å². The first-order chi connectivity index (χ1) is 7.69. The van der Waals surface area contributed by atoms with Crippen LogP contribution in [0, 0.1) is 0 Å². The Balaban J connectivity index is 2.03. The van der Waals surface area contributed by atoms with Crippen molar-refractivity contribution >= 4 is 17.4 Å². The lowest BCUT2D eigenvalue weighted by molar-refractivity contribution is 0.251. The largest absolute Gasteiger partial charge is 0.497 e. The summed E-state index contributed by atoms with van der Waals surface area (Å²) in [6.45, 7) is 0. The molecule has 1 aromatic carbocycles. The predicted octanol–water partition coefficient (Wildman–Crippen LogP) is 1.56. The molecule has 0 saturated heterocycles. The lowest BCUT2D eigenvalue weighted by Gasteiger charge is -2.10. The summed E-state index contributed by atoms with van der Waals surface area (Å²) in [4.78, 5) is 11.5. The maximum Gasteiger partial charge on any atom is 0.319 e. The van der Waals surface area contributed by atoms with Gasteiger partial charge in [0, 0.05) is 12.1 Å². The summed E-state index contributed by atoms with van der Waals surface area (Å²) in [5, 5.41) is 5.52. The molecule has 1 aromatic rings. The van der Waals surface area contributed by atoms with E-state index in [0.717, 1.165) is 12.8 Å². The highest BCUT2D eigenvalue weighted by atomic mass is 16.5. The van der Waals surface area contributed by atoms with E-state index in [0.29, 0.717) is 23.2 Å². The van der Waals surface area contributed by atoms with E-state index in [2.05, 4.69) is 10.6 Å². The van der Waals surface area contributed by atoms with Crippen molar-refractivity contribution in [3.8, 4) is 5.75 Å². The molecule has 1 aliphatic carbocycles. The molecule has 5 heteroatoms. The van der Waals surface area contributed by atoms with Crippen LogP contribution in [0.5, 0.6) is 5.75 Å². The number of carbonyl (C=O) groups is 1. The Kier molecular flexibility index (Phi) is 2.85. The number of carbonyl (C=O) groups excluding carboxylic acids is 1. The Hall–Kier alpha value is -1.91. The third kappa shape index (κ3) is 2.56. The number of hydrogen-bond acceptors (Lipinski definition) is 3. The number of methoxy groups -OCH3 is 1. The first-order valence-electron chi connectivity index (χ1n) is 5.20. The average molecular weight is 221 g/mol. The highest BCUT2D eigenvalue weighted by molar-refractivity contribution is 5.93. The number of nitrogens with two attached hydrogens (primary N) is 1. The van der Waals surface area contributed by atoms with Gasteiger partial charge in [-0.2, -0.15) is 0 Å². The van der Waals surface area contributed by atoms with E-state index >= 15 is 0 Å². The predicted molar refractivity (Wildman–Crippen MR) is 62.6 cm³/mol. The first kappa shape index (κ1) is 10.6. The van der Waals surface area contributed by atoms with Crippen LogP contribution in [0.3, 0.4) is 0 Å². The molecular formula is C11H15N3O2. The quantitative estimate of drug-likeness (QED) is 0.678. The first-order valence-corrected chi connectivity index (χ1v) is 5.20. The second-order valence-corrected chi connectivity index (χ2v) is 3.83. The molecule has 0 spiro atoms. The van der Waals surface area contributed by atoms with Gasteiger partial charge in [0.2, 0.25) is 0 Å². The smallest absolute Gasteiger partial charge is 0.319 e. The molecule has 1 saturated carbocycles. The molecule has 0 aliphatic heterocycles. The molecule has 0 bridgehead atoms. The molecule has 0 unspecified atom stereocenters. The van der Waals surface area contributed by atoms with Gasteiger partial charge in [0.1, 0.15) is 5.75 Å². The fraction of sp³-hybridized carbons (Fsp3) is 0.364. The highest BCUT2D eigenvalue weighted by Crippen LogP contribution is 2.25. The summed E-state index contributed by atoms with van der Waals surface area (Å²) < 4.78 is 5.06. The van der Waals surface area contributed by atoms with Crippen molar-refractivity contribution in [3.63, 3.8) is 0 Å². The summed E-state index contributed by atoms with van der Waals surface area (Å²) >= 11 is 0. The maximum atomic E-state index is 11.5. The Morgan fingerprint density at radius 3 is 2.88 bits per heavy atom. The van der Waals surface area contributed by atoms with Gasteiger partial charge in [-0.15, -0.1) is 0 Å². The lowest BCUT2D eigenvalue weighted by atomic mass is 10.2. The van der Waals surface area contributed by atoms with E-state index in [4.69, 9.17) is 10.5 Å². The van der Waals surface area contributed by atoms with Gasteiger partial charge in [0.15, 0.2) is 0 Å². The van der Waals surface area contributed by atoms with Crippen LogP contribution in [-0.2, 0) is 0 Å². The van der Waals surface area contributed by atoms with Gasteiger partial charge in [0.25, 0.3) is 0 Å². The third-order valence-electron chi connectivity index (χ3n) is 2.42. The molecule has 2 amide bonds. The van der Waals surface area contributed by atoms with Gasteiger partial charge < -0.3 is 21.1 Å². The van der Waals surface area contributed by atoms with Gasteiger partial charge in [0.05, 0.1) is 18.5 Å². The van der Waals surface area contributed by atoms with Gasteiger partial charge >= 0.3 is 6.03 Å². The zero-order valence-corrected chi connectivity index (χ0v) is 9.12. The van der Waals surface area contributed by atoms with E-state index in [1.807, 2.05) is 0 Å². The second kappa shape index (κ2) is 4.30. The molecule has 16 heavy (non-hydrogen) atoms. The second-order valence-electron chi connectivity index (χ2n) is 3.83. The molecule has 0 atom stereocenters. The Morgan fingerprint density at radius 1 is 1.50 bits per heavy atom. The number of hydrogen-bond donors (Lipinski definition) is 3. The highest BCUT2D eigenvalue weighted by Gasteiger charge is 2.23. The van der Waals surface area contributed by atoms with Crippen LogP contribution in [0.15, 0.2) is 18.2 Å². The van der Waals surface area contributed by atoms with Gasteiger partial charge in [-0.25, -0.2) is 4.79 Å². The number of nitrogen functional groups attached to an aromatic ring is 1. The van der Waals surface area contributed by atoms with Crippen molar-refractivity contribution in [1.29, 1.82) is 0 Å². The molecule has 2 rings (SSSR count). The minimum atomic E-state index is -0.220. The van der Waals surface area contributed by atoms with Gasteiger partial charge in [-0.3, -0.25) is 0 Å². The van der Waals surface area contributed by atoms with Crippen molar-refractivity contribution < 1.29 is 9.53 Å². The molecule has 1 fully saturated rings. The normalized spacial score (nSPS) is 14.3. The van der Waals surface area contributed by atoms with Gasteiger partial charge in [-0.1, -0.05) is 0 Å². The van der Waals surface area contributed by atoms with Crippen LogP contribution < -0.4 is 21.1 Å². The Labute approximate surface area is 94.0 Å². The minimum Gasteiger partial charge on any atom is -0.497 e. The molecule has 5 nitrogen and oxygen atoms in total. The molecule has 4 N–H and O–H groups in total. The van der Waals surface area contributed by atoms with Crippen molar-refractivity contribution in [2.75, 3.05) is 18.2 Å². The summed E-state index contributed by atoms with van der Waals surface area (Å²) in [5.74, 6) is 0.663. The lowest BCUT2D eigenvalue weighted by Crippen LogP contribution is -2.30. The van der Waals surface area contributed by atoms with Crippen LogP contribution in [0.4, 0.5) is 16.2 Å². The maximum absolute atomic E-state index is 11.5. The summed E-state index contributed by atoms with van der Waals surface area (Å²) in [6.07, 6.45) is 2.11. The van der Waals surface area contributed by atoms with E-state index < -0.39 is 0 Å².